The summed E-state index contributed by atoms with van der Waals surface area (Å²) >= 11 is 12.2. The summed E-state index contributed by atoms with van der Waals surface area (Å²) in [5.41, 5.74) is 1.31. The maximum absolute atomic E-state index is 13.2. The first-order valence-corrected chi connectivity index (χ1v) is 12.2. The Morgan fingerprint density at radius 2 is 1.67 bits per heavy atom. The van der Waals surface area contributed by atoms with Gasteiger partial charge in [-0.1, -0.05) is 48.2 Å². The average molecular weight is 492 g/mol. The van der Waals surface area contributed by atoms with Gasteiger partial charge in [-0.3, -0.25) is 14.5 Å². The minimum Gasteiger partial charge on any atom is -0.351 e. The highest BCUT2D eigenvalue weighted by Gasteiger charge is 2.37. The van der Waals surface area contributed by atoms with Gasteiger partial charge in [0.2, 0.25) is 5.91 Å². The number of rotatable bonds is 6. The first kappa shape index (κ1) is 24.0. The molecule has 1 N–H and O–H groups in total. The molecule has 2 aromatic carbocycles. The Hall–Kier alpha value is -2.15. The van der Waals surface area contributed by atoms with Gasteiger partial charge in [0, 0.05) is 37.7 Å². The molecule has 1 atom stereocenters. The number of carbonyl (C=O) groups excluding carboxylic acids is 2. The zero-order valence-electron chi connectivity index (χ0n) is 18.4. The third-order valence-electron chi connectivity index (χ3n) is 6.65. The van der Waals surface area contributed by atoms with E-state index in [4.69, 9.17) is 23.2 Å². The van der Waals surface area contributed by atoms with Crippen LogP contribution in [0.25, 0.3) is 0 Å². The van der Waals surface area contributed by atoms with E-state index in [0.29, 0.717) is 54.3 Å². The summed E-state index contributed by atoms with van der Waals surface area (Å²) in [5.74, 6) is -0.0892. The summed E-state index contributed by atoms with van der Waals surface area (Å²) in [7, 11) is 0. The molecular formula is C25H28Cl2FN3O2. The summed E-state index contributed by atoms with van der Waals surface area (Å²) in [4.78, 5) is 30.2. The second-order valence-corrected chi connectivity index (χ2v) is 9.63. The molecule has 33 heavy (non-hydrogen) atoms. The Labute approximate surface area is 203 Å². The maximum Gasteiger partial charge on any atom is 0.255 e. The first-order valence-electron chi connectivity index (χ1n) is 11.4. The van der Waals surface area contributed by atoms with Crippen molar-refractivity contribution in [1.29, 1.82) is 0 Å². The lowest BCUT2D eigenvalue weighted by molar-refractivity contribution is -0.129. The van der Waals surface area contributed by atoms with Crippen LogP contribution in [-0.4, -0.2) is 53.8 Å². The fraction of sp³-hybridized carbons (Fsp3) is 0.440. The number of nitrogens with one attached hydrogen (secondary N) is 1. The minimum absolute atomic E-state index is 0.00625. The number of benzene rings is 2. The number of nitrogens with zero attached hydrogens (tertiary/aromatic N) is 2. The molecule has 0 radical (unpaired) electrons. The lowest BCUT2D eigenvalue weighted by atomic mass is 9.94. The van der Waals surface area contributed by atoms with E-state index < -0.39 is 0 Å². The van der Waals surface area contributed by atoms with Crippen molar-refractivity contribution in [2.45, 2.75) is 38.3 Å². The van der Waals surface area contributed by atoms with Crippen molar-refractivity contribution in [2.75, 3.05) is 26.2 Å². The highest BCUT2D eigenvalue weighted by atomic mass is 35.5. The average Bonchev–Trinajstić information content (AvgIpc) is 3.33. The van der Waals surface area contributed by atoms with Gasteiger partial charge in [-0.15, -0.1) is 0 Å². The molecule has 2 fully saturated rings. The van der Waals surface area contributed by atoms with Crippen LogP contribution in [0.5, 0.6) is 0 Å². The lowest BCUT2D eigenvalue weighted by Crippen LogP contribution is -2.57. The number of amides is 2. The first-order chi connectivity index (χ1) is 15.9. The molecule has 1 aliphatic heterocycles. The van der Waals surface area contributed by atoms with Gasteiger partial charge in [-0.2, -0.15) is 0 Å². The third kappa shape index (κ3) is 5.86. The van der Waals surface area contributed by atoms with Crippen LogP contribution in [0.4, 0.5) is 4.39 Å². The maximum atomic E-state index is 13.2. The predicted octanol–water partition coefficient (Wildman–Crippen LogP) is 4.77. The minimum atomic E-state index is -0.291. The molecule has 2 aliphatic rings. The molecular weight excluding hydrogens is 464 g/mol. The quantitative estimate of drug-likeness (QED) is 0.633. The molecule has 1 heterocycles. The Kier molecular flexibility index (Phi) is 7.89. The summed E-state index contributed by atoms with van der Waals surface area (Å²) < 4.78 is 13.2. The van der Waals surface area contributed by atoms with Crippen LogP contribution >= 0.6 is 23.2 Å². The van der Waals surface area contributed by atoms with E-state index in [2.05, 4.69) is 10.2 Å². The van der Waals surface area contributed by atoms with Gasteiger partial charge in [-0.05, 0) is 54.7 Å². The molecule has 1 saturated carbocycles. The molecule has 5 nitrogen and oxygen atoms in total. The normalized spacial score (nSPS) is 18.3. The zero-order chi connectivity index (χ0) is 23.4. The number of carbonyl (C=O) groups is 2. The second-order valence-electron chi connectivity index (χ2n) is 8.79. The summed E-state index contributed by atoms with van der Waals surface area (Å²) in [5, 5.41) is 3.89. The number of hydrogen-bond donors (Lipinski definition) is 1. The van der Waals surface area contributed by atoms with Crippen molar-refractivity contribution in [3.8, 4) is 0 Å². The Balaban J connectivity index is 1.39. The van der Waals surface area contributed by atoms with E-state index in [9.17, 15) is 14.0 Å². The van der Waals surface area contributed by atoms with Crippen LogP contribution in [0, 0.1) is 11.7 Å². The zero-order valence-corrected chi connectivity index (χ0v) is 19.9. The standard InChI is InChI=1S/C25H28Cl2FN3O2/c26-19-7-10-21(22(27)15-19)25(33)31-13-11-30(12-14-31)23(18-3-1-2-4-18)24(32)29-16-17-5-8-20(28)9-6-17/h5-10,15,18,23H,1-4,11-14,16H2,(H,29,32). The van der Waals surface area contributed by atoms with Crippen molar-refractivity contribution in [3.05, 3.63) is 69.5 Å². The van der Waals surface area contributed by atoms with Crippen LogP contribution in [0.3, 0.4) is 0 Å². The van der Waals surface area contributed by atoms with Crippen LogP contribution in [0.1, 0.15) is 41.6 Å². The van der Waals surface area contributed by atoms with E-state index in [0.717, 1.165) is 31.2 Å². The van der Waals surface area contributed by atoms with Crippen LogP contribution < -0.4 is 5.32 Å². The van der Waals surface area contributed by atoms with Crippen molar-refractivity contribution in [1.82, 2.24) is 15.1 Å². The van der Waals surface area contributed by atoms with E-state index in [1.54, 1.807) is 35.2 Å². The Bertz CT molecular complexity index is 988. The van der Waals surface area contributed by atoms with Crippen molar-refractivity contribution >= 4 is 35.0 Å². The molecule has 2 amide bonds. The summed E-state index contributed by atoms with van der Waals surface area (Å²) in [6.07, 6.45) is 4.35. The number of piperazine rings is 1. The molecule has 0 aromatic heterocycles. The monoisotopic (exact) mass is 491 g/mol. The van der Waals surface area contributed by atoms with Gasteiger partial charge in [0.25, 0.3) is 5.91 Å². The van der Waals surface area contributed by atoms with Crippen LogP contribution in [0.2, 0.25) is 10.0 Å². The van der Waals surface area contributed by atoms with Crippen LogP contribution in [0.15, 0.2) is 42.5 Å². The summed E-state index contributed by atoms with van der Waals surface area (Å²) in [6, 6.07) is 10.9. The predicted molar refractivity (Wildman–Crippen MR) is 128 cm³/mol. The van der Waals surface area contributed by atoms with Crippen molar-refractivity contribution in [2.24, 2.45) is 5.92 Å². The Morgan fingerprint density at radius 3 is 2.30 bits per heavy atom. The molecule has 1 unspecified atom stereocenters. The van der Waals surface area contributed by atoms with Gasteiger partial charge in [0.05, 0.1) is 16.6 Å². The van der Waals surface area contributed by atoms with E-state index >= 15 is 0 Å². The second kappa shape index (κ2) is 10.9. The van der Waals surface area contributed by atoms with Gasteiger partial charge in [0.15, 0.2) is 0 Å². The van der Waals surface area contributed by atoms with E-state index in [1.807, 2.05) is 0 Å². The molecule has 176 valence electrons. The van der Waals surface area contributed by atoms with E-state index in [-0.39, 0.29) is 23.7 Å². The Morgan fingerprint density at radius 1 is 1.00 bits per heavy atom. The number of halogens is 3. The topological polar surface area (TPSA) is 52.7 Å². The number of hydrogen-bond acceptors (Lipinski definition) is 3. The lowest BCUT2D eigenvalue weighted by Gasteiger charge is -2.40. The summed E-state index contributed by atoms with van der Waals surface area (Å²) in [6.45, 7) is 2.69. The smallest absolute Gasteiger partial charge is 0.255 e. The highest BCUT2D eigenvalue weighted by Crippen LogP contribution is 2.31. The van der Waals surface area contributed by atoms with E-state index in [1.165, 1.54) is 12.1 Å². The molecule has 0 spiro atoms. The molecule has 4 rings (SSSR count). The largest absolute Gasteiger partial charge is 0.351 e. The fourth-order valence-corrected chi connectivity index (χ4v) is 5.37. The fourth-order valence-electron chi connectivity index (χ4n) is 4.88. The van der Waals surface area contributed by atoms with Gasteiger partial charge in [-0.25, -0.2) is 4.39 Å². The SMILES string of the molecule is O=C(NCc1ccc(F)cc1)C(C1CCCC1)N1CCN(C(=O)c2ccc(Cl)cc2Cl)CC1. The van der Waals surface area contributed by atoms with Gasteiger partial charge in [0.1, 0.15) is 5.82 Å². The van der Waals surface area contributed by atoms with Crippen molar-refractivity contribution in [3.63, 3.8) is 0 Å². The van der Waals surface area contributed by atoms with Gasteiger partial charge >= 0.3 is 0 Å². The molecule has 8 heteroatoms. The van der Waals surface area contributed by atoms with Gasteiger partial charge < -0.3 is 10.2 Å². The molecule has 1 saturated heterocycles. The van der Waals surface area contributed by atoms with Crippen molar-refractivity contribution < 1.29 is 14.0 Å². The third-order valence-corrected chi connectivity index (χ3v) is 7.20. The molecule has 1 aliphatic carbocycles. The van der Waals surface area contributed by atoms with Crippen LogP contribution in [-0.2, 0) is 11.3 Å². The highest BCUT2D eigenvalue weighted by molar-refractivity contribution is 6.36. The molecule has 0 bridgehead atoms. The molecule has 2 aromatic rings.